The van der Waals surface area contributed by atoms with E-state index in [2.05, 4.69) is 6.07 Å². The van der Waals surface area contributed by atoms with Gasteiger partial charge in [-0.25, -0.2) is 0 Å². The van der Waals surface area contributed by atoms with Gasteiger partial charge in [-0.3, -0.25) is 4.79 Å². The number of nitrogen functional groups attached to an aromatic ring is 2. The Bertz CT molecular complexity index is 943. The predicted octanol–water partition coefficient (Wildman–Crippen LogP) is 3.60. The number of amides is 1. The smallest absolute Gasteiger partial charge is 0.256 e. The van der Waals surface area contributed by atoms with Gasteiger partial charge < -0.3 is 16.4 Å². The molecule has 2 aromatic carbocycles. The van der Waals surface area contributed by atoms with Crippen molar-refractivity contribution in [2.75, 3.05) is 18.0 Å². The third-order valence-electron chi connectivity index (χ3n) is 4.36. The first-order chi connectivity index (χ1) is 12.0. The van der Waals surface area contributed by atoms with Crippen LogP contribution in [-0.4, -0.2) is 17.4 Å². The Morgan fingerprint density at radius 2 is 2.04 bits per heavy atom. The number of nitrogens with zero attached hydrogens (tertiary/aromatic N) is 2. The van der Waals surface area contributed by atoms with Gasteiger partial charge >= 0.3 is 0 Å². The van der Waals surface area contributed by atoms with Crippen LogP contribution in [0, 0.1) is 11.3 Å². The highest BCUT2D eigenvalue weighted by molar-refractivity contribution is 6.33. The molecule has 2 aromatic rings. The Kier molecular flexibility index (Phi) is 4.39. The van der Waals surface area contributed by atoms with Gasteiger partial charge in [-0.1, -0.05) is 29.8 Å². The lowest BCUT2D eigenvalue weighted by atomic mass is 9.95. The van der Waals surface area contributed by atoms with E-state index in [0.29, 0.717) is 34.1 Å². The number of nitrogens with two attached hydrogens (primary N) is 2. The molecule has 0 fully saturated rings. The zero-order valence-corrected chi connectivity index (χ0v) is 14.5. The lowest BCUT2D eigenvalue weighted by molar-refractivity contribution is 0.0794. The van der Waals surface area contributed by atoms with Gasteiger partial charge in [0.15, 0.2) is 0 Å². The molecule has 6 heteroatoms. The van der Waals surface area contributed by atoms with Crippen LogP contribution in [0.1, 0.15) is 22.8 Å². The molecule has 5 nitrogen and oxygen atoms in total. The van der Waals surface area contributed by atoms with Crippen molar-refractivity contribution in [2.45, 2.75) is 13.5 Å². The van der Waals surface area contributed by atoms with Crippen LogP contribution in [0.4, 0.5) is 11.4 Å². The first-order valence-corrected chi connectivity index (χ1v) is 8.15. The third kappa shape index (κ3) is 2.92. The molecule has 3 rings (SSSR count). The van der Waals surface area contributed by atoms with E-state index in [9.17, 15) is 4.79 Å². The number of halogens is 1. The number of carbonyl (C=O) groups excluding carboxylic acids is 1. The molecular formula is C19H17ClN4O. The van der Waals surface area contributed by atoms with Crippen molar-refractivity contribution in [1.82, 2.24) is 4.90 Å². The fraction of sp³-hybridized carbons (Fsp3) is 0.158. The summed E-state index contributed by atoms with van der Waals surface area (Å²) in [7, 11) is 0. The summed E-state index contributed by atoms with van der Waals surface area (Å²) in [6.07, 6.45) is 1.71. The van der Waals surface area contributed by atoms with Crippen LogP contribution in [-0.2, 0) is 6.54 Å². The standard InChI is InChI=1S/C19H17ClN4O/c1-2-11(8-21)9-24-10-14-13(4-6-17(23)18(14)19(24)25)12-3-5-16(22)15(20)7-12/h2-7H,9-10,22-23H2,1H3/b11-2+. The van der Waals surface area contributed by atoms with Gasteiger partial charge in [-0.2, -0.15) is 5.26 Å². The maximum Gasteiger partial charge on any atom is 0.256 e. The van der Waals surface area contributed by atoms with E-state index < -0.39 is 0 Å². The summed E-state index contributed by atoms with van der Waals surface area (Å²) in [4.78, 5) is 14.4. The molecule has 0 saturated heterocycles. The quantitative estimate of drug-likeness (QED) is 0.651. The van der Waals surface area contributed by atoms with Crippen molar-refractivity contribution < 1.29 is 4.79 Å². The van der Waals surface area contributed by atoms with E-state index >= 15 is 0 Å². The Balaban J connectivity index is 2.07. The van der Waals surface area contributed by atoms with Crippen molar-refractivity contribution in [1.29, 1.82) is 5.26 Å². The number of nitriles is 1. The fourth-order valence-corrected chi connectivity index (χ4v) is 3.17. The van der Waals surface area contributed by atoms with Crippen molar-refractivity contribution in [3.8, 4) is 17.2 Å². The summed E-state index contributed by atoms with van der Waals surface area (Å²) in [5.41, 5.74) is 16.4. The van der Waals surface area contributed by atoms with Crippen LogP contribution in [0.5, 0.6) is 0 Å². The molecular weight excluding hydrogens is 336 g/mol. The van der Waals surface area contributed by atoms with E-state index in [4.69, 9.17) is 28.3 Å². The maximum atomic E-state index is 12.8. The van der Waals surface area contributed by atoms with Gasteiger partial charge in [0.2, 0.25) is 0 Å². The first kappa shape index (κ1) is 16.9. The van der Waals surface area contributed by atoms with E-state index in [1.165, 1.54) is 0 Å². The van der Waals surface area contributed by atoms with Gasteiger partial charge in [0.05, 0.1) is 28.9 Å². The number of fused-ring (bicyclic) bond motifs is 1. The molecule has 0 radical (unpaired) electrons. The minimum absolute atomic E-state index is 0.162. The molecule has 25 heavy (non-hydrogen) atoms. The highest BCUT2D eigenvalue weighted by Gasteiger charge is 2.32. The molecule has 0 unspecified atom stereocenters. The van der Waals surface area contributed by atoms with Crippen LogP contribution < -0.4 is 11.5 Å². The van der Waals surface area contributed by atoms with Crippen LogP contribution >= 0.6 is 11.6 Å². The Morgan fingerprint density at radius 3 is 2.68 bits per heavy atom. The maximum absolute atomic E-state index is 12.8. The third-order valence-corrected chi connectivity index (χ3v) is 4.69. The number of rotatable bonds is 3. The van der Waals surface area contributed by atoms with Crippen LogP contribution in [0.3, 0.4) is 0 Å². The Hall–Kier alpha value is -2.97. The highest BCUT2D eigenvalue weighted by Crippen LogP contribution is 2.37. The largest absolute Gasteiger partial charge is 0.398 e. The second-order valence-electron chi connectivity index (χ2n) is 5.88. The first-order valence-electron chi connectivity index (χ1n) is 7.77. The van der Waals surface area contributed by atoms with Gasteiger partial charge in [0.25, 0.3) is 5.91 Å². The monoisotopic (exact) mass is 352 g/mol. The molecule has 1 amide bonds. The van der Waals surface area contributed by atoms with E-state index in [1.807, 2.05) is 12.1 Å². The summed E-state index contributed by atoms with van der Waals surface area (Å²) in [6, 6.07) is 11.1. The number of carbonyl (C=O) groups is 1. The normalized spacial score (nSPS) is 13.7. The van der Waals surface area contributed by atoms with Crippen LogP contribution in [0.15, 0.2) is 42.0 Å². The second kappa shape index (κ2) is 6.50. The average Bonchev–Trinajstić information content (AvgIpc) is 2.93. The second-order valence-corrected chi connectivity index (χ2v) is 6.29. The predicted molar refractivity (Wildman–Crippen MR) is 99.8 cm³/mol. The summed E-state index contributed by atoms with van der Waals surface area (Å²) in [5, 5.41) is 9.59. The zero-order chi connectivity index (χ0) is 18.1. The van der Waals surface area contributed by atoms with Crippen molar-refractivity contribution in [3.05, 3.63) is 58.1 Å². The van der Waals surface area contributed by atoms with Crippen LogP contribution in [0.25, 0.3) is 11.1 Å². The van der Waals surface area contributed by atoms with Gasteiger partial charge in [-0.05, 0) is 41.8 Å². The van der Waals surface area contributed by atoms with E-state index in [-0.39, 0.29) is 12.5 Å². The van der Waals surface area contributed by atoms with Crippen molar-refractivity contribution >= 4 is 28.9 Å². The van der Waals surface area contributed by atoms with Crippen molar-refractivity contribution in [2.24, 2.45) is 0 Å². The average molecular weight is 353 g/mol. The lowest BCUT2D eigenvalue weighted by Gasteiger charge is -2.15. The number of hydrogen-bond acceptors (Lipinski definition) is 4. The van der Waals surface area contributed by atoms with Gasteiger partial charge in [-0.15, -0.1) is 0 Å². The molecule has 0 aliphatic carbocycles. The molecule has 1 heterocycles. The molecule has 0 atom stereocenters. The number of anilines is 2. The summed E-state index contributed by atoms with van der Waals surface area (Å²) in [5.74, 6) is -0.162. The molecule has 0 spiro atoms. The minimum atomic E-state index is -0.162. The van der Waals surface area contributed by atoms with Gasteiger partial charge in [0.1, 0.15) is 0 Å². The summed E-state index contributed by atoms with van der Waals surface area (Å²) < 4.78 is 0. The molecule has 1 aliphatic heterocycles. The molecule has 4 N–H and O–H groups in total. The summed E-state index contributed by atoms with van der Waals surface area (Å²) >= 11 is 6.14. The molecule has 0 aromatic heterocycles. The number of hydrogen-bond donors (Lipinski definition) is 2. The zero-order valence-electron chi connectivity index (χ0n) is 13.7. The summed E-state index contributed by atoms with van der Waals surface area (Å²) in [6.45, 7) is 2.44. The van der Waals surface area contributed by atoms with E-state index in [0.717, 1.165) is 16.7 Å². The SMILES string of the molecule is C/C=C(\C#N)CN1Cc2c(-c3ccc(N)c(Cl)c3)ccc(N)c2C1=O. The Labute approximate surface area is 151 Å². The topological polar surface area (TPSA) is 96.1 Å². The number of benzene rings is 2. The molecule has 0 bridgehead atoms. The van der Waals surface area contributed by atoms with Crippen molar-refractivity contribution in [3.63, 3.8) is 0 Å². The molecule has 0 saturated carbocycles. The van der Waals surface area contributed by atoms with Gasteiger partial charge in [0, 0.05) is 17.8 Å². The van der Waals surface area contributed by atoms with Crippen LogP contribution in [0.2, 0.25) is 5.02 Å². The minimum Gasteiger partial charge on any atom is -0.398 e. The lowest BCUT2D eigenvalue weighted by Crippen LogP contribution is -2.26. The van der Waals surface area contributed by atoms with E-state index in [1.54, 1.807) is 36.1 Å². The number of allylic oxidation sites excluding steroid dienone is 1. The molecule has 1 aliphatic rings. The molecule has 126 valence electrons. The highest BCUT2D eigenvalue weighted by atomic mass is 35.5. The fourth-order valence-electron chi connectivity index (χ4n) is 2.99. The Morgan fingerprint density at radius 1 is 1.32 bits per heavy atom.